The molecule has 0 spiro atoms. The molecule has 1 aromatic carbocycles. The average molecular weight is 550 g/mol. The molecule has 14 nitrogen and oxygen atoms in total. The number of amides is 3. The molecule has 216 valence electrons. The summed E-state index contributed by atoms with van der Waals surface area (Å²) in [7, 11) is 0. The SMILES string of the molecule is CC(C)CC(NC(=O)C(N)CCCN=C(N)N)C(=O)NC(CC(=O)O)C(=O)NC(Cc1ccccc1)C(=O)O. The number of nitrogens with two attached hydrogens (primary N) is 3. The molecule has 0 heterocycles. The van der Waals surface area contributed by atoms with Gasteiger partial charge in [-0.3, -0.25) is 24.2 Å². The molecule has 0 bridgehead atoms. The van der Waals surface area contributed by atoms with Gasteiger partial charge in [-0.2, -0.15) is 0 Å². The normalized spacial score (nSPS) is 13.8. The van der Waals surface area contributed by atoms with E-state index in [0.717, 1.165) is 0 Å². The van der Waals surface area contributed by atoms with Gasteiger partial charge in [0, 0.05) is 13.0 Å². The molecule has 39 heavy (non-hydrogen) atoms. The van der Waals surface area contributed by atoms with Crippen molar-refractivity contribution in [3.63, 3.8) is 0 Å². The molecule has 0 fully saturated rings. The maximum atomic E-state index is 13.1. The van der Waals surface area contributed by atoms with Gasteiger partial charge in [0.15, 0.2) is 5.96 Å². The fourth-order valence-corrected chi connectivity index (χ4v) is 3.61. The molecule has 0 aromatic heterocycles. The van der Waals surface area contributed by atoms with Crippen molar-refractivity contribution in [2.75, 3.05) is 6.54 Å². The zero-order valence-corrected chi connectivity index (χ0v) is 22.1. The van der Waals surface area contributed by atoms with E-state index in [-0.39, 0.29) is 37.7 Å². The molecule has 14 heteroatoms. The summed E-state index contributed by atoms with van der Waals surface area (Å²) in [5.74, 6) is -5.27. The van der Waals surface area contributed by atoms with Crippen LogP contribution >= 0.6 is 0 Å². The lowest BCUT2D eigenvalue weighted by atomic mass is 10.0. The fourth-order valence-electron chi connectivity index (χ4n) is 3.61. The van der Waals surface area contributed by atoms with E-state index in [0.29, 0.717) is 12.0 Å². The summed E-state index contributed by atoms with van der Waals surface area (Å²) in [4.78, 5) is 65.6. The van der Waals surface area contributed by atoms with Gasteiger partial charge < -0.3 is 43.4 Å². The van der Waals surface area contributed by atoms with Crippen LogP contribution in [0.3, 0.4) is 0 Å². The minimum absolute atomic E-state index is 0.0528. The molecule has 11 N–H and O–H groups in total. The molecular weight excluding hydrogens is 510 g/mol. The highest BCUT2D eigenvalue weighted by Crippen LogP contribution is 2.09. The maximum Gasteiger partial charge on any atom is 0.326 e. The molecule has 0 saturated heterocycles. The summed E-state index contributed by atoms with van der Waals surface area (Å²) in [6.07, 6.45) is -0.0289. The third-order valence-corrected chi connectivity index (χ3v) is 5.55. The largest absolute Gasteiger partial charge is 0.481 e. The molecule has 4 atom stereocenters. The molecular formula is C25H39N7O7. The van der Waals surface area contributed by atoms with Crippen LogP contribution in [0, 0.1) is 5.92 Å². The highest BCUT2D eigenvalue weighted by Gasteiger charge is 2.32. The zero-order valence-electron chi connectivity index (χ0n) is 22.1. The second-order valence-corrected chi connectivity index (χ2v) is 9.49. The topological polar surface area (TPSA) is 252 Å². The van der Waals surface area contributed by atoms with Crippen molar-refractivity contribution >= 4 is 35.6 Å². The second-order valence-electron chi connectivity index (χ2n) is 9.49. The average Bonchev–Trinajstić information content (AvgIpc) is 2.84. The number of carbonyl (C=O) groups excluding carboxylic acids is 3. The third-order valence-electron chi connectivity index (χ3n) is 5.55. The van der Waals surface area contributed by atoms with Gasteiger partial charge in [0.2, 0.25) is 17.7 Å². The van der Waals surface area contributed by atoms with E-state index in [4.69, 9.17) is 17.2 Å². The van der Waals surface area contributed by atoms with Gasteiger partial charge in [0.1, 0.15) is 18.1 Å². The second kappa shape index (κ2) is 16.6. The van der Waals surface area contributed by atoms with Crippen LogP contribution in [0.4, 0.5) is 0 Å². The zero-order chi connectivity index (χ0) is 29.5. The number of carbonyl (C=O) groups is 5. The number of rotatable bonds is 17. The van der Waals surface area contributed by atoms with Crippen LogP contribution in [0.1, 0.15) is 45.1 Å². The van der Waals surface area contributed by atoms with E-state index < -0.39 is 60.2 Å². The van der Waals surface area contributed by atoms with E-state index in [9.17, 15) is 34.2 Å². The Morgan fingerprint density at radius 1 is 0.872 bits per heavy atom. The Morgan fingerprint density at radius 3 is 1.97 bits per heavy atom. The van der Waals surface area contributed by atoms with E-state index in [2.05, 4.69) is 20.9 Å². The van der Waals surface area contributed by atoms with Crippen molar-refractivity contribution < 1.29 is 34.2 Å². The smallest absolute Gasteiger partial charge is 0.326 e. The van der Waals surface area contributed by atoms with Crippen molar-refractivity contribution in [3.05, 3.63) is 35.9 Å². The van der Waals surface area contributed by atoms with Crippen molar-refractivity contribution in [2.45, 2.75) is 70.1 Å². The van der Waals surface area contributed by atoms with Crippen LogP contribution in [-0.4, -0.2) is 76.5 Å². The third kappa shape index (κ3) is 13.2. The maximum absolute atomic E-state index is 13.1. The van der Waals surface area contributed by atoms with Crippen molar-refractivity contribution in [1.82, 2.24) is 16.0 Å². The van der Waals surface area contributed by atoms with Gasteiger partial charge >= 0.3 is 11.9 Å². The number of benzene rings is 1. The van der Waals surface area contributed by atoms with E-state index in [1.165, 1.54) is 0 Å². The van der Waals surface area contributed by atoms with E-state index >= 15 is 0 Å². The Kier molecular flexibility index (Phi) is 14.0. The number of hydrogen-bond acceptors (Lipinski definition) is 7. The summed E-state index contributed by atoms with van der Waals surface area (Å²) in [5, 5.41) is 26.1. The van der Waals surface area contributed by atoms with Crippen LogP contribution in [0.25, 0.3) is 0 Å². The Bertz CT molecular complexity index is 1010. The number of hydrogen-bond donors (Lipinski definition) is 8. The first kappa shape index (κ1) is 32.8. The van der Waals surface area contributed by atoms with Crippen molar-refractivity contribution in [1.29, 1.82) is 0 Å². The summed E-state index contributed by atoms with van der Waals surface area (Å²) < 4.78 is 0. The van der Waals surface area contributed by atoms with Crippen LogP contribution in [0.5, 0.6) is 0 Å². The standard InChI is InChI=1S/C25H39N7O7/c1-14(2)11-17(30-21(35)16(26)9-6-10-29-25(27)28)22(36)31-18(13-20(33)34)23(37)32-19(24(38)39)12-15-7-4-3-5-8-15/h3-5,7-8,14,16-19H,6,9-13,26H2,1-2H3,(H,30,35)(H,31,36)(H,32,37)(H,33,34)(H,38,39)(H4,27,28,29). The van der Waals surface area contributed by atoms with E-state index in [1.807, 2.05) is 13.8 Å². The number of nitrogens with one attached hydrogen (secondary N) is 3. The Balaban J connectivity index is 2.94. The molecule has 1 aromatic rings. The lowest BCUT2D eigenvalue weighted by Crippen LogP contribution is -2.57. The summed E-state index contributed by atoms with van der Waals surface area (Å²) in [6, 6.07) is 3.50. The number of carboxylic acid groups (broad SMARTS) is 2. The summed E-state index contributed by atoms with van der Waals surface area (Å²) in [5.41, 5.74) is 17.1. The fraction of sp³-hybridized carbons (Fsp3) is 0.520. The van der Waals surface area contributed by atoms with Crippen molar-refractivity contribution in [2.24, 2.45) is 28.1 Å². The first-order valence-electron chi connectivity index (χ1n) is 12.5. The minimum Gasteiger partial charge on any atom is -0.481 e. The molecule has 0 aliphatic carbocycles. The predicted molar refractivity (Wildman–Crippen MR) is 143 cm³/mol. The lowest BCUT2D eigenvalue weighted by molar-refractivity contribution is -0.143. The lowest BCUT2D eigenvalue weighted by Gasteiger charge is -2.25. The quantitative estimate of drug-likeness (QED) is 0.0645. The van der Waals surface area contributed by atoms with Gasteiger partial charge in [0.05, 0.1) is 12.5 Å². The van der Waals surface area contributed by atoms with Gasteiger partial charge in [-0.25, -0.2) is 4.79 Å². The van der Waals surface area contributed by atoms with Crippen LogP contribution in [0.15, 0.2) is 35.3 Å². The Hall–Kier alpha value is -4.20. The summed E-state index contributed by atoms with van der Waals surface area (Å²) in [6.45, 7) is 3.89. The molecule has 0 saturated carbocycles. The monoisotopic (exact) mass is 549 g/mol. The first-order chi connectivity index (χ1) is 18.3. The number of nitrogens with zero attached hydrogens (tertiary/aromatic N) is 1. The van der Waals surface area contributed by atoms with Gasteiger partial charge in [-0.15, -0.1) is 0 Å². The van der Waals surface area contributed by atoms with Crippen molar-refractivity contribution in [3.8, 4) is 0 Å². The number of guanidine groups is 1. The molecule has 0 aliphatic heterocycles. The Morgan fingerprint density at radius 2 is 1.44 bits per heavy atom. The number of aliphatic imine (C=N–C) groups is 1. The van der Waals surface area contributed by atoms with Crippen LogP contribution < -0.4 is 33.2 Å². The Labute approximate surface area is 226 Å². The molecule has 0 radical (unpaired) electrons. The van der Waals surface area contributed by atoms with Crippen LogP contribution in [-0.2, 0) is 30.4 Å². The van der Waals surface area contributed by atoms with Gasteiger partial charge in [0.25, 0.3) is 0 Å². The van der Waals surface area contributed by atoms with Crippen LogP contribution in [0.2, 0.25) is 0 Å². The first-order valence-corrected chi connectivity index (χ1v) is 12.5. The predicted octanol–water partition coefficient (Wildman–Crippen LogP) is -1.33. The summed E-state index contributed by atoms with van der Waals surface area (Å²) >= 11 is 0. The molecule has 0 aliphatic rings. The molecule has 3 amide bonds. The highest BCUT2D eigenvalue weighted by atomic mass is 16.4. The van der Waals surface area contributed by atoms with Gasteiger partial charge in [-0.05, 0) is 30.7 Å². The molecule has 4 unspecified atom stereocenters. The van der Waals surface area contributed by atoms with E-state index in [1.54, 1.807) is 30.3 Å². The molecule has 1 rings (SSSR count). The highest BCUT2D eigenvalue weighted by molar-refractivity contribution is 5.95. The minimum atomic E-state index is -1.59. The number of aliphatic carboxylic acids is 2. The van der Waals surface area contributed by atoms with Gasteiger partial charge in [-0.1, -0.05) is 44.2 Å². The number of carboxylic acids is 2.